The number of aromatic nitrogens is 3. The number of halogens is 4. The summed E-state index contributed by atoms with van der Waals surface area (Å²) in [4.78, 5) is 22.4. The van der Waals surface area contributed by atoms with Gasteiger partial charge >= 0.3 is 12.1 Å². The number of carbonyl (C=O) groups is 1. The average Bonchev–Trinajstić information content (AvgIpc) is 2.65. The Kier molecular flexibility index (Phi) is 5.46. The maximum atomic E-state index is 13.3. The maximum absolute atomic E-state index is 13.3. The van der Waals surface area contributed by atoms with Gasteiger partial charge in [-0.2, -0.15) is 13.2 Å². The third kappa shape index (κ3) is 4.37. The summed E-state index contributed by atoms with van der Waals surface area (Å²) in [7, 11) is 0. The molecule has 2 heterocycles. The van der Waals surface area contributed by atoms with E-state index in [9.17, 15) is 23.1 Å². The molecule has 0 aliphatic heterocycles. The summed E-state index contributed by atoms with van der Waals surface area (Å²) in [5, 5.41) is 9.46. The van der Waals surface area contributed by atoms with Gasteiger partial charge in [-0.15, -0.1) is 0 Å². The molecule has 1 N–H and O–H groups in total. The first-order valence-electron chi connectivity index (χ1n) is 7.77. The van der Waals surface area contributed by atoms with Gasteiger partial charge in [-0.25, -0.2) is 14.8 Å². The van der Waals surface area contributed by atoms with E-state index in [4.69, 9.17) is 16.3 Å². The molecule has 3 aromatic rings. The van der Waals surface area contributed by atoms with Crippen LogP contribution in [0.4, 0.5) is 13.2 Å². The molecule has 0 spiro atoms. The van der Waals surface area contributed by atoms with Crippen LogP contribution in [0.3, 0.4) is 0 Å². The van der Waals surface area contributed by atoms with E-state index in [0.717, 1.165) is 0 Å². The molecule has 0 saturated heterocycles. The SMILES string of the molecule is O=C(O)c1nc(-c2cccc(Cl)c2)c(OCc2ccccn2)nc1C(F)(F)F. The van der Waals surface area contributed by atoms with Crippen molar-refractivity contribution in [2.75, 3.05) is 0 Å². The van der Waals surface area contributed by atoms with Crippen molar-refractivity contribution in [2.45, 2.75) is 12.8 Å². The molecule has 3 rings (SSSR count). The number of aromatic carboxylic acids is 1. The first-order valence-corrected chi connectivity index (χ1v) is 8.14. The lowest BCUT2D eigenvalue weighted by atomic mass is 10.1. The molecule has 6 nitrogen and oxygen atoms in total. The van der Waals surface area contributed by atoms with Crippen molar-refractivity contribution in [3.8, 4) is 17.1 Å². The summed E-state index contributed by atoms with van der Waals surface area (Å²) in [6.45, 7) is -0.188. The van der Waals surface area contributed by atoms with Gasteiger partial charge in [0.25, 0.3) is 0 Å². The van der Waals surface area contributed by atoms with E-state index in [2.05, 4.69) is 15.0 Å². The van der Waals surface area contributed by atoms with E-state index in [1.807, 2.05) is 0 Å². The van der Waals surface area contributed by atoms with E-state index >= 15 is 0 Å². The second-order valence-electron chi connectivity index (χ2n) is 5.50. The Morgan fingerprint density at radius 1 is 1.14 bits per heavy atom. The summed E-state index contributed by atoms with van der Waals surface area (Å²) in [6.07, 6.45) is -3.53. The van der Waals surface area contributed by atoms with Crippen molar-refractivity contribution in [1.29, 1.82) is 0 Å². The zero-order valence-electron chi connectivity index (χ0n) is 13.9. The second-order valence-corrected chi connectivity index (χ2v) is 5.93. The van der Waals surface area contributed by atoms with Gasteiger partial charge in [-0.1, -0.05) is 29.8 Å². The summed E-state index contributed by atoms with van der Waals surface area (Å²) < 4.78 is 45.3. The molecular formula is C18H11ClF3N3O3. The lowest BCUT2D eigenvalue weighted by molar-refractivity contribution is -0.142. The van der Waals surface area contributed by atoms with Gasteiger partial charge in [0.1, 0.15) is 12.3 Å². The minimum absolute atomic E-state index is 0.177. The largest absolute Gasteiger partial charge is 0.476 e. The van der Waals surface area contributed by atoms with Crippen molar-refractivity contribution in [3.05, 3.63) is 70.8 Å². The van der Waals surface area contributed by atoms with E-state index in [-0.39, 0.29) is 22.9 Å². The molecule has 1 aromatic carbocycles. The molecule has 0 fully saturated rings. The number of benzene rings is 1. The van der Waals surface area contributed by atoms with Crippen LogP contribution >= 0.6 is 11.6 Å². The Hall–Kier alpha value is -3.20. The van der Waals surface area contributed by atoms with Crippen LogP contribution in [0.5, 0.6) is 5.88 Å². The standard InChI is InChI=1S/C18H11ClF3N3O3/c19-11-5-3-4-10(8-11)13-16(28-9-12-6-1-2-7-23-12)25-15(18(20,21)22)14(24-13)17(26)27/h1-8H,9H2,(H,26,27). The van der Waals surface area contributed by atoms with Gasteiger partial charge in [0.2, 0.25) is 5.88 Å². The predicted molar refractivity (Wildman–Crippen MR) is 93.0 cm³/mol. The summed E-state index contributed by atoms with van der Waals surface area (Å²) in [5.74, 6) is -2.34. The number of ether oxygens (including phenoxy) is 1. The topological polar surface area (TPSA) is 85.2 Å². The van der Waals surface area contributed by atoms with E-state index in [0.29, 0.717) is 5.69 Å². The van der Waals surface area contributed by atoms with Crippen LogP contribution in [0.2, 0.25) is 5.02 Å². The van der Waals surface area contributed by atoms with Crippen molar-refractivity contribution in [1.82, 2.24) is 15.0 Å². The normalized spacial score (nSPS) is 11.3. The zero-order chi connectivity index (χ0) is 20.3. The van der Waals surface area contributed by atoms with Gasteiger partial charge in [0.15, 0.2) is 11.4 Å². The van der Waals surface area contributed by atoms with E-state index < -0.39 is 29.4 Å². The summed E-state index contributed by atoms with van der Waals surface area (Å²) >= 11 is 5.93. The number of carboxylic acid groups (broad SMARTS) is 1. The number of nitrogens with zero attached hydrogens (tertiary/aromatic N) is 3. The minimum Gasteiger partial charge on any atom is -0.476 e. The lowest BCUT2D eigenvalue weighted by Crippen LogP contribution is -2.19. The molecule has 2 aromatic heterocycles. The zero-order valence-corrected chi connectivity index (χ0v) is 14.7. The number of rotatable bonds is 5. The lowest BCUT2D eigenvalue weighted by Gasteiger charge is -2.15. The summed E-state index contributed by atoms with van der Waals surface area (Å²) in [5.41, 5.74) is -2.36. The third-order valence-electron chi connectivity index (χ3n) is 3.52. The second kappa shape index (κ2) is 7.81. The van der Waals surface area contributed by atoms with Crippen molar-refractivity contribution < 1.29 is 27.8 Å². The van der Waals surface area contributed by atoms with Gasteiger partial charge in [0.05, 0.1) is 5.69 Å². The Labute approximate surface area is 161 Å². The van der Waals surface area contributed by atoms with E-state index in [1.165, 1.54) is 18.3 Å². The van der Waals surface area contributed by atoms with Gasteiger partial charge < -0.3 is 9.84 Å². The molecule has 0 radical (unpaired) electrons. The highest BCUT2D eigenvalue weighted by Gasteiger charge is 2.40. The summed E-state index contributed by atoms with van der Waals surface area (Å²) in [6, 6.07) is 11.0. The molecule has 0 saturated carbocycles. The highest BCUT2D eigenvalue weighted by Crippen LogP contribution is 2.36. The number of carboxylic acids is 1. The number of hydrogen-bond donors (Lipinski definition) is 1. The number of alkyl halides is 3. The molecule has 0 amide bonds. The molecule has 28 heavy (non-hydrogen) atoms. The van der Waals surface area contributed by atoms with Crippen LogP contribution in [0.25, 0.3) is 11.3 Å². The molecule has 0 bridgehead atoms. The molecule has 0 aliphatic rings. The minimum atomic E-state index is -5.03. The number of pyridine rings is 1. The van der Waals surface area contributed by atoms with Gasteiger partial charge in [-0.3, -0.25) is 4.98 Å². The quantitative estimate of drug-likeness (QED) is 0.668. The fraction of sp³-hybridized carbons (Fsp3) is 0.111. The van der Waals surface area contributed by atoms with Crippen molar-refractivity contribution in [2.24, 2.45) is 0 Å². The Bertz CT molecular complexity index is 1010. The molecule has 10 heteroatoms. The first kappa shape index (κ1) is 19.6. The van der Waals surface area contributed by atoms with E-state index in [1.54, 1.807) is 30.3 Å². The fourth-order valence-electron chi connectivity index (χ4n) is 2.32. The molecule has 0 atom stereocenters. The Morgan fingerprint density at radius 3 is 2.54 bits per heavy atom. The van der Waals surface area contributed by atoms with Crippen LogP contribution in [-0.2, 0) is 12.8 Å². The van der Waals surface area contributed by atoms with Crippen LogP contribution in [0.15, 0.2) is 48.7 Å². The first-order chi connectivity index (χ1) is 13.3. The van der Waals surface area contributed by atoms with Gasteiger partial charge in [0, 0.05) is 16.8 Å². The monoisotopic (exact) mass is 409 g/mol. The Morgan fingerprint density at radius 2 is 1.93 bits per heavy atom. The van der Waals surface area contributed by atoms with Gasteiger partial charge in [-0.05, 0) is 24.3 Å². The van der Waals surface area contributed by atoms with Crippen LogP contribution < -0.4 is 4.74 Å². The predicted octanol–water partition coefficient (Wildman–Crippen LogP) is 4.49. The fourth-order valence-corrected chi connectivity index (χ4v) is 2.51. The average molecular weight is 410 g/mol. The van der Waals surface area contributed by atoms with Crippen molar-refractivity contribution in [3.63, 3.8) is 0 Å². The van der Waals surface area contributed by atoms with Crippen LogP contribution in [0.1, 0.15) is 21.9 Å². The molecule has 0 unspecified atom stereocenters. The van der Waals surface area contributed by atoms with Crippen molar-refractivity contribution >= 4 is 17.6 Å². The third-order valence-corrected chi connectivity index (χ3v) is 3.75. The molecular weight excluding hydrogens is 399 g/mol. The maximum Gasteiger partial charge on any atom is 0.435 e. The van der Waals surface area contributed by atoms with Crippen LogP contribution in [-0.4, -0.2) is 26.0 Å². The molecule has 144 valence electrons. The van der Waals surface area contributed by atoms with Crippen LogP contribution in [0, 0.1) is 0 Å². The highest BCUT2D eigenvalue weighted by molar-refractivity contribution is 6.30. The Balaban J connectivity index is 2.14. The highest BCUT2D eigenvalue weighted by atomic mass is 35.5. The molecule has 0 aliphatic carbocycles. The number of hydrogen-bond acceptors (Lipinski definition) is 5. The smallest absolute Gasteiger partial charge is 0.435 e.